The number of likely N-dealkylation sites (tertiary alicyclic amines) is 1. The third kappa shape index (κ3) is 3.33. The molecule has 0 unspecified atom stereocenters. The molecule has 114 valence electrons. The monoisotopic (exact) mass is 299 g/mol. The second-order valence-electron chi connectivity index (χ2n) is 5.27. The van der Waals surface area contributed by atoms with Crippen LogP contribution in [0, 0.1) is 0 Å². The number of amides is 1. The topological polar surface area (TPSA) is 79.5 Å². The van der Waals surface area contributed by atoms with Gasteiger partial charge in [0.2, 0.25) is 11.8 Å². The maximum absolute atomic E-state index is 10.9. The summed E-state index contributed by atoms with van der Waals surface area (Å²) in [6.07, 6.45) is 4.28. The van der Waals surface area contributed by atoms with Crippen molar-refractivity contribution in [3.63, 3.8) is 0 Å². The molecule has 0 radical (unpaired) electrons. The third-order valence-corrected chi connectivity index (χ3v) is 3.79. The Morgan fingerprint density at radius 1 is 1.18 bits per heavy atom. The van der Waals surface area contributed by atoms with E-state index < -0.39 is 6.09 Å². The van der Waals surface area contributed by atoms with Gasteiger partial charge in [-0.1, -0.05) is 30.3 Å². The molecule has 0 aliphatic carbocycles. The molecule has 1 amide bonds. The van der Waals surface area contributed by atoms with Crippen molar-refractivity contribution in [3.8, 4) is 0 Å². The molecular weight excluding hydrogens is 282 g/mol. The molecule has 3 rings (SSSR count). The Bertz CT molecular complexity index is 658. The summed E-state index contributed by atoms with van der Waals surface area (Å²) in [6, 6.07) is 9.89. The Morgan fingerprint density at radius 2 is 1.91 bits per heavy atom. The van der Waals surface area contributed by atoms with E-state index >= 15 is 0 Å². The molecule has 0 spiro atoms. The average Bonchev–Trinajstić information content (AvgIpc) is 3.03. The van der Waals surface area contributed by atoms with Crippen LogP contribution in [0.1, 0.15) is 36.1 Å². The summed E-state index contributed by atoms with van der Waals surface area (Å²) in [7, 11) is 0. The quantitative estimate of drug-likeness (QED) is 0.942. The van der Waals surface area contributed by atoms with Crippen molar-refractivity contribution >= 4 is 18.2 Å². The van der Waals surface area contributed by atoms with Crippen molar-refractivity contribution in [2.45, 2.75) is 18.8 Å². The summed E-state index contributed by atoms with van der Waals surface area (Å²) >= 11 is 0. The minimum Gasteiger partial charge on any atom is -0.465 e. The molecule has 6 heteroatoms. The second kappa shape index (κ2) is 6.43. The fourth-order valence-corrected chi connectivity index (χ4v) is 2.53. The number of piperidine rings is 1. The molecule has 1 N–H and O–H groups in total. The molecule has 1 aromatic heterocycles. The smallest absolute Gasteiger partial charge is 0.407 e. The molecule has 0 bridgehead atoms. The van der Waals surface area contributed by atoms with Crippen molar-refractivity contribution in [1.82, 2.24) is 15.1 Å². The fraction of sp³-hybridized carbons (Fsp3) is 0.312. The Hall–Kier alpha value is -2.63. The minimum atomic E-state index is -0.865. The molecule has 1 aliphatic rings. The highest BCUT2D eigenvalue weighted by Crippen LogP contribution is 2.27. The van der Waals surface area contributed by atoms with E-state index in [0.717, 1.165) is 18.4 Å². The first-order chi connectivity index (χ1) is 10.7. The van der Waals surface area contributed by atoms with Gasteiger partial charge in [0.1, 0.15) is 0 Å². The van der Waals surface area contributed by atoms with Gasteiger partial charge in [-0.3, -0.25) is 0 Å². The zero-order valence-electron chi connectivity index (χ0n) is 12.1. The van der Waals surface area contributed by atoms with Crippen LogP contribution in [0.5, 0.6) is 0 Å². The first-order valence-corrected chi connectivity index (χ1v) is 7.27. The maximum atomic E-state index is 10.9. The van der Waals surface area contributed by atoms with Gasteiger partial charge in [0.15, 0.2) is 0 Å². The van der Waals surface area contributed by atoms with Gasteiger partial charge < -0.3 is 14.4 Å². The molecule has 1 aromatic carbocycles. The van der Waals surface area contributed by atoms with Gasteiger partial charge in [-0.25, -0.2) is 4.79 Å². The van der Waals surface area contributed by atoms with Crippen molar-refractivity contribution in [3.05, 3.63) is 47.7 Å². The van der Waals surface area contributed by atoms with E-state index in [9.17, 15) is 4.79 Å². The van der Waals surface area contributed by atoms with Crippen molar-refractivity contribution in [2.75, 3.05) is 13.1 Å². The lowest BCUT2D eigenvalue weighted by Crippen LogP contribution is -2.36. The first kappa shape index (κ1) is 14.3. The van der Waals surface area contributed by atoms with Crippen LogP contribution in [0.15, 0.2) is 34.7 Å². The van der Waals surface area contributed by atoms with Gasteiger partial charge in [0.25, 0.3) is 0 Å². The number of rotatable bonds is 3. The average molecular weight is 299 g/mol. The first-order valence-electron chi connectivity index (χ1n) is 7.27. The third-order valence-electron chi connectivity index (χ3n) is 3.79. The van der Waals surface area contributed by atoms with Gasteiger partial charge in [-0.15, -0.1) is 10.2 Å². The van der Waals surface area contributed by atoms with Gasteiger partial charge in [-0.2, -0.15) is 0 Å². The highest BCUT2D eigenvalue weighted by molar-refractivity contribution is 5.66. The van der Waals surface area contributed by atoms with E-state index in [1.807, 2.05) is 36.4 Å². The molecule has 1 fully saturated rings. The molecule has 0 saturated carbocycles. The second-order valence-corrected chi connectivity index (χ2v) is 5.27. The molecule has 2 aromatic rings. The summed E-state index contributed by atoms with van der Waals surface area (Å²) in [4.78, 5) is 12.3. The number of benzene rings is 1. The molecule has 6 nitrogen and oxygen atoms in total. The van der Waals surface area contributed by atoms with Gasteiger partial charge >= 0.3 is 6.09 Å². The largest absolute Gasteiger partial charge is 0.465 e. The van der Waals surface area contributed by atoms with Crippen LogP contribution >= 0.6 is 0 Å². The Kier molecular flexibility index (Phi) is 4.18. The number of carbonyl (C=O) groups is 1. The number of aromatic nitrogens is 2. The van der Waals surface area contributed by atoms with E-state index in [2.05, 4.69) is 10.2 Å². The molecule has 22 heavy (non-hydrogen) atoms. The van der Waals surface area contributed by atoms with Crippen LogP contribution in [0.3, 0.4) is 0 Å². The van der Waals surface area contributed by atoms with Crippen molar-refractivity contribution in [1.29, 1.82) is 0 Å². The summed E-state index contributed by atoms with van der Waals surface area (Å²) < 4.78 is 5.67. The zero-order valence-corrected chi connectivity index (χ0v) is 12.1. The standard InChI is InChI=1S/C16H17N3O3/c20-16(21)19-10-8-13(9-11-19)15-18-17-14(22-15)7-6-12-4-2-1-3-5-12/h1-7,13H,8-11H2,(H,20,21)/b7-6+. The van der Waals surface area contributed by atoms with Gasteiger partial charge in [-0.05, 0) is 24.5 Å². The lowest BCUT2D eigenvalue weighted by Gasteiger charge is -2.27. The molecule has 2 heterocycles. The van der Waals surface area contributed by atoms with E-state index in [1.165, 1.54) is 4.90 Å². The lowest BCUT2D eigenvalue weighted by atomic mass is 9.97. The number of carboxylic acid groups (broad SMARTS) is 1. The predicted molar refractivity (Wildman–Crippen MR) is 81.2 cm³/mol. The van der Waals surface area contributed by atoms with E-state index in [1.54, 1.807) is 6.08 Å². The highest BCUT2D eigenvalue weighted by Gasteiger charge is 2.26. The Balaban J connectivity index is 1.62. The zero-order chi connectivity index (χ0) is 15.4. The molecule has 1 aliphatic heterocycles. The van der Waals surface area contributed by atoms with Crippen molar-refractivity contribution in [2.24, 2.45) is 0 Å². The normalized spacial score (nSPS) is 16.3. The van der Waals surface area contributed by atoms with Gasteiger partial charge in [0, 0.05) is 25.1 Å². The van der Waals surface area contributed by atoms with Crippen LogP contribution in [-0.2, 0) is 0 Å². The van der Waals surface area contributed by atoms with E-state index in [4.69, 9.17) is 9.52 Å². The lowest BCUT2D eigenvalue weighted by molar-refractivity contribution is 0.129. The van der Waals surface area contributed by atoms with Crippen LogP contribution in [-0.4, -0.2) is 39.4 Å². The molecular formula is C16H17N3O3. The SMILES string of the molecule is O=C(O)N1CCC(c2nnc(/C=C/c3ccccc3)o2)CC1. The Morgan fingerprint density at radius 3 is 2.59 bits per heavy atom. The number of nitrogens with zero attached hydrogens (tertiary/aromatic N) is 3. The van der Waals surface area contributed by atoms with Gasteiger partial charge in [0.05, 0.1) is 0 Å². The van der Waals surface area contributed by atoms with E-state index in [-0.39, 0.29) is 5.92 Å². The van der Waals surface area contributed by atoms with Crippen molar-refractivity contribution < 1.29 is 14.3 Å². The summed E-state index contributed by atoms with van der Waals surface area (Å²) in [5, 5.41) is 17.1. The molecule has 0 atom stereocenters. The number of hydrogen-bond donors (Lipinski definition) is 1. The summed E-state index contributed by atoms with van der Waals surface area (Å²) in [5.74, 6) is 1.21. The van der Waals surface area contributed by atoms with Crippen LogP contribution < -0.4 is 0 Å². The van der Waals surface area contributed by atoms with E-state index in [0.29, 0.717) is 24.9 Å². The van der Waals surface area contributed by atoms with Crippen LogP contribution in [0.25, 0.3) is 12.2 Å². The summed E-state index contributed by atoms with van der Waals surface area (Å²) in [6.45, 7) is 1.02. The number of hydrogen-bond acceptors (Lipinski definition) is 4. The highest BCUT2D eigenvalue weighted by atomic mass is 16.4. The minimum absolute atomic E-state index is 0.141. The van der Waals surface area contributed by atoms with Crippen LogP contribution in [0.4, 0.5) is 4.79 Å². The Labute approximate surface area is 128 Å². The molecule has 1 saturated heterocycles. The summed E-state index contributed by atoms with van der Waals surface area (Å²) in [5.41, 5.74) is 1.07. The maximum Gasteiger partial charge on any atom is 0.407 e. The fourth-order valence-electron chi connectivity index (χ4n) is 2.53. The predicted octanol–water partition coefficient (Wildman–Crippen LogP) is 3.10. The van der Waals surface area contributed by atoms with Crippen LogP contribution in [0.2, 0.25) is 0 Å².